The van der Waals surface area contributed by atoms with Gasteiger partial charge in [0.2, 0.25) is 0 Å². The Bertz CT molecular complexity index is 1050. The molecular formula is C24H25NO9. The lowest BCUT2D eigenvalue weighted by Gasteiger charge is -2.35. The molecular weight excluding hydrogens is 446 g/mol. The van der Waals surface area contributed by atoms with E-state index in [2.05, 4.69) is 0 Å². The third-order valence-corrected chi connectivity index (χ3v) is 4.92. The molecule has 180 valence electrons. The van der Waals surface area contributed by atoms with Gasteiger partial charge in [0.05, 0.1) is 24.1 Å². The summed E-state index contributed by atoms with van der Waals surface area (Å²) in [6, 6.07) is 13.1. The monoisotopic (exact) mass is 471 g/mol. The number of nitrogens with zero attached hydrogens (tertiary/aromatic N) is 1. The van der Waals surface area contributed by atoms with Crippen LogP contribution in [0.15, 0.2) is 54.6 Å². The molecule has 0 radical (unpaired) electrons. The summed E-state index contributed by atoms with van der Waals surface area (Å²) in [6.07, 6.45) is -0.518. The lowest BCUT2D eigenvalue weighted by atomic mass is 9.77. The Labute approximate surface area is 196 Å². The third-order valence-electron chi connectivity index (χ3n) is 4.92. The molecule has 10 heteroatoms. The van der Waals surface area contributed by atoms with Crippen molar-refractivity contribution in [3.8, 4) is 0 Å². The van der Waals surface area contributed by atoms with E-state index < -0.39 is 46.6 Å². The summed E-state index contributed by atoms with van der Waals surface area (Å²) in [5.41, 5.74) is -2.75. The number of rotatable bonds is 11. The van der Waals surface area contributed by atoms with Crippen molar-refractivity contribution in [2.24, 2.45) is 0 Å². The maximum absolute atomic E-state index is 13.2. The second-order valence-corrected chi connectivity index (χ2v) is 7.17. The molecule has 2 rings (SSSR count). The average Bonchev–Trinajstić information content (AvgIpc) is 2.81. The minimum Gasteiger partial charge on any atom is -0.463 e. The molecule has 0 aromatic heterocycles. The Morgan fingerprint density at radius 3 is 2.03 bits per heavy atom. The molecule has 0 fully saturated rings. The summed E-state index contributed by atoms with van der Waals surface area (Å²) in [6.45, 7) is 3.61. The van der Waals surface area contributed by atoms with E-state index in [1.165, 1.54) is 44.2 Å². The van der Waals surface area contributed by atoms with Crippen molar-refractivity contribution in [2.75, 3.05) is 13.2 Å². The number of esters is 3. The number of Topliss-reactive ketones (excluding diaryl/α,β-unsaturated/α-hetero) is 1. The first-order valence-corrected chi connectivity index (χ1v) is 10.5. The molecule has 0 saturated heterocycles. The fourth-order valence-electron chi connectivity index (χ4n) is 3.50. The maximum Gasteiger partial charge on any atom is 0.363 e. The second-order valence-electron chi connectivity index (χ2n) is 7.17. The van der Waals surface area contributed by atoms with Crippen molar-refractivity contribution in [1.29, 1.82) is 0 Å². The van der Waals surface area contributed by atoms with Gasteiger partial charge in [0.1, 0.15) is 0 Å². The number of non-ortho nitro benzene ring substituents is 1. The molecule has 1 unspecified atom stereocenters. The zero-order valence-electron chi connectivity index (χ0n) is 19.0. The fourth-order valence-corrected chi connectivity index (χ4v) is 3.50. The predicted molar refractivity (Wildman–Crippen MR) is 119 cm³/mol. The van der Waals surface area contributed by atoms with Crippen molar-refractivity contribution < 1.29 is 38.3 Å². The number of hydrogen-bond acceptors (Lipinski definition) is 9. The number of nitro benzene ring substituents is 1. The number of benzene rings is 2. The SMILES string of the molecule is CCOC(=O)C(OC(C)=O)(C(=O)OCC)C(CC(=O)c1ccccc1)c1cccc([N+](=O)[O-])c1. The van der Waals surface area contributed by atoms with E-state index in [0.29, 0.717) is 0 Å². The molecule has 0 saturated carbocycles. The second kappa shape index (κ2) is 11.7. The molecule has 0 aliphatic rings. The van der Waals surface area contributed by atoms with Gasteiger partial charge in [-0.25, -0.2) is 9.59 Å². The van der Waals surface area contributed by atoms with Gasteiger partial charge in [-0.1, -0.05) is 42.5 Å². The summed E-state index contributed by atoms with van der Waals surface area (Å²) in [4.78, 5) is 62.4. The molecule has 0 heterocycles. The topological polar surface area (TPSA) is 139 Å². The molecule has 0 N–H and O–H groups in total. The highest BCUT2D eigenvalue weighted by Crippen LogP contribution is 2.39. The maximum atomic E-state index is 13.2. The van der Waals surface area contributed by atoms with Gasteiger partial charge in [-0.05, 0) is 19.4 Å². The lowest BCUT2D eigenvalue weighted by Crippen LogP contribution is -2.57. The molecule has 34 heavy (non-hydrogen) atoms. The van der Waals surface area contributed by atoms with Crippen molar-refractivity contribution in [3.05, 3.63) is 75.8 Å². The smallest absolute Gasteiger partial charge is 0.363 e. The summed E-state index contributed by atoms with van der Waals surface area (Å²) < 4.78 is 15.5. The van der Waals surface area contributed by atoms with Crippen LogP contribution in [0.5, 0.6) is 0 Å². The van der Waals surface area contributed by atoms with Crippen molar-refractivity contribution in [3.63, 3.8) is 0 Å². The van der Waals surface area contributed by atoms with E-state index in [0.717, 1.165) is 13.0 Å². The summed E-state index contributed by atoms with van der Waals surface area (Å²) in [7, 11) is 0. The molecule has 2 aromatic rings. The van der Waals surface area contributed by atoms with Crippen LogP contribution < -0.4 is 0 Å². The van der Waals surface area contributed by atoms with Crippen LogP contribution >= 0.6 is 0 Å². The predicted octanol–water partition coefficient (Wildman–Crippen LogP) is 3.38. The van der Waals surface area contributed by atoms with E-state index in [1.807, 2.05) is 0 Å². The Morgan fingerprint density at radius 1 is 0.941 bits per heavy atom. The van der Waals surface area contributed by atoms with Crippen molar-refractivity contribution in [2.45, 2.75) is 38.7 Å². The minimum absolute atomic E-state index is 0.0424. The summed E-state index contributed by atoms with van der Waals surface area (Å²) >= 11 is 0. The van der Waals surface area contributed by atoms with E-state index in [-0.39, 0.29) is 30.0 Å². The van der Waals surface area contributed by atoms with E-state index in [1.54, 1.807) is 18.2 Å². The van der Waals surface area contributed by atoms with Gasteiger partial charge in [-0.15, -0.1) is 0 Å². The zero-order valence-corrected chi connectivity index (χ0v) is 19.0. The van der Waals surface area contributed by atoms with Crippen LogP contribution in [0, 0.1) is 10.1 Å². The van der Waals surface area contributed by atoms with Crippen LogP contribution in [-0.2, 0) is 28.6 Å². The van der Waals surface area contributed by atoms with Gasteiger partial charge in [-0.2, -0.15) is 0 Å². The molecule has 1 atom stereocenters. The molecule has 0 amide bonds. The van der Waals surface area contributed by atoms with E-state index >= 15 is 0 Å². The number of carbonyl (C=O) groups excluding carboxylic acids is 4. The van der Waals surface area contributed by atoms with Gasteiger partial charge in [0.15, 0.2) is 5.78 Å². The number of hydrogen-bond donors (Lipinski definition) is 0. The number of nitro groups is 1. The largest absolute Gasteiger partial charge is 0.463 e. The van der Waals surface area contributed by atoms with E-state index in [9.17, 15) is 29.3 Å². The highest BCUT2D eigenvalue weighted by Gasteiger charge is 2.59. The van der Waals surface area contributed by atoms with E-state index in [4.69, 9.17) is 14.2 Å². The average molecular weight is 471 g/mol. The van der Waals surface area contributed by atoms with Gasteiger partial charge in [-0.3, -0.25) is 19.7 Å². The number of ether oxygens (including phenoxy) is 3. The Hall–Kier alpha value is -4.08. The zero-order chi connectivity index (χ0) is 25.3. The third kappa shape index (κ3) is 5.83. The van der Waals surface area contributed by atoms with Crippen molar-refractivity contribution >= 4 is 29.4 Å². The first kappa shape index (κ1) is 26.2. The van der Waals surface area contributed by atoms with Crippen LogP contribution in [0.1, 0.15) is 49.0 Å². The quantitative estimate of drug-likeness (QED) is 0.120. The van der Waals surface area contributed by atoms with Gasteiger partial charge in [0.25, 0.3) is 5.69 Å². The molecule has 0 aliphatic carbocycles. The normalized spacial score (nSPS) is 11.7. The van der Waals surface area contributed by atoms with Crippen LogP contribution in [0.2, 0.25) is 0 Å². The summed E-state index contributed by atoms with van der Waals surface area (Å²) in [5, 5.41) is 11.4. The van der Waals surface area contributed by atoms with Gasteiger partial charge in [0, 0.05) is 31.0 Å². The molecule has 10 nitrogen and oxygen atoms in total. The van der Waals surface area contributed by atoms with Gasteiger partial charge >= 0.3 is 23.5 Å². The number of ketones is 1. The summed E-state index contributed by atoms with van der Waals surface area (Å²) in [5.74, 6) is -5.49. The minimum atomic E-state index is -2.71. The Balaban J connectivity index is 2.80. The lowest BCUT2D eigenvalue weighted by molar-refractivity contribution is -0.385. The van der Waals surface area contributed by atoms with Crippen LogP contribution in [0.25, 0.3) is 0 Å². The van der Waals surface area contributed by atoms with Crippen LogP contribution in [0.3, 0.4) is 0 Å². The molecule has 0 spiro atoms. The highest BCUT2D eigenvalue weighted by atomic mass is 16.6. The first-order chi connectivity index (χ1) is 16.2. The highest BCUT2D eigenvalue weighted by molar-refractivity contribution is 6.08. The van der Waals surface area contributed by atoms with Crippen LogP contribution in [0.4, 0.5) is 5.69 Å². The molecule has 0 aliphatic heterocycles. The molecule has 2 aromatic carbocycles. The standard InChI is InChI=1S/C24H25NO9/c1-4-32-22(28)24(34-16(3)26,23(29)33-5-2)20(15-21(27)17-10-7-6-8-11-17)18-12-9-13-19(14-18)25(30)31/h6-14,20H,4-5,15H2,1-3H3. The number of carbonyl (C=O) groups is 4. The Kier molecular flexibility index (Phi) is 9.00. The van der Waals surface area contributed by atoms with Crippen LogP contribution in [-0.4, -0.2) is 47.4 Å². The van der Waals surface area contributed by atoms with Crippen molar-refractivity contribution in [1.82, 2.24) is 0 Å². The first-order valence-electron chi connectivity index (χ1n) is 10.5. The van der Waals surface area contributed by atoms with Gasteiger partial charge < -0.3 is 14.2 Å². The fraction of sp³-hybridized carbons (Fsp3) is 0.333. The Morgan fingerprint density at radius 2 is 1.53 bits per heavy atom. The molecule has 0 bridgehead atoms.